The molecule has 0 aromatic heterocycles. The number of halogens is 2. The van der Waals surface area contributed by atoms with Gasteiger partial charge in [0.15, 0.2) is 0 Å². The fourth-order valence-electron chi connectivity index (χ4n) is 3.29. The van der Waals surface area contributed by atoms with Gasteiger partial charge in [-0.1, -0.05) is 23.2 Å². The minimum Gasteiger partial charge on any atom is -0.379 e. The van der Waals surface area contributed by atoms with Crippen LogP contribution in [0.1, 0.15) is 6.42 Å². The van der Waals surface area contributed by atoms with Crippen LogP contribution in [-0.4, -0.2) is 55.8 Å². The number of nitro groups is 1. The van der Waals surface area contributed by atoms with Gasteiger partial charge in [-0.2, -0.15) is 0 Å². The lowest BCUT2D eigenvalue weighted by atomic mass is 10.1. The number of hydrogen-bond donors (Lipinski definition) is 0. The van der Waals surface area contributed by atoms with E-state index < -0.39 is 4.92 Å². The van der Waals surface area contributed by atoms with Crippen molar-refractivity contribution in [2.75, 3.05) is 50.8 Å². The molecule has 3 rings (SSSR count). The summed E-state index contributed by atoms with van der Waals surface area (Å²) >= 11 is 12.5. The van der Waals surface area contributed by atoms with Gasteiger partial charge in [0.1, 0.15) is 0 Å². The molecule has 0 saturated carbocycles. The zero-order valence-corrected chi connectivity index (χ0v) is 14.2. The summed E-state index contributed by atoms with van der Waals surface area (Å²) in [5.74, 6) is 0.551. The smallest absolute Gasteiger partial charge is 0.272 e. The molecule has 6 nitrogen and oxygen atoms in total. The van der Waals surface area contributed by atoms with E-state index in [1.807, 2.05) is 0 Å². The van der Waals surface area contributed by atoms with E-state index in [2.05, 4.69) is 9.80 Å². The summed E-state index contributed by atoms with van der Waals surface area (Å²) in [5, 5.41) is 11.6. The molecule has 2 aliphatic rings. The van der Waals surface area contributed by atoms with E-state index in [0.29, 0.717) is 21.7 Å². The Labute approximate surface area is 145 Å². The van der Waals surface area contributed by atoms with Crippen LogP contribution in [0.3, 0.4) is 0 Å². The molecule has 1 aromatic carbocycles. The monoisotopic (exact) mass is 359 g/mol. The molecule has 2 aliphatic heterocycles. The number of morpholine rings is 1. The summed E-state index contributed by atoms with van der Waals surface area (Å²) in [6.45, 7) is 6.35. The van der Waals surface area contributed by atoms with Crippen molar-refractivity contribution in [2.24, 2.45) is 5.92 Å². The van der Waals surface area contributed by atoms with Crippen molar-refractivity contribution in [3.05, 3.63) is 32.3 Å². The Morgan fingerprint density at radius 3 is 2.48 bits per heavy atom. The molecule has 0 radical (unpaired) electrons. The van der Waals surface area contributed by atoms with Crippen LogP contribution in [0.2, 0.25) is 10.0 Å². The molecule has 0 bridgehead atoms. The van der Waals surface area contributed by atoms with Gasteiger partial charge in [-0.05, 0) is 12.3 Å². The van der Waals surface area contributed by atoms with Crippen LogP contribution in [-0.2, 0) is 4.74 Å². The second-order valence-electron chi connectivity index (χ2n) is 6.03. The van der Waals surface area contributed by atoms with E-state index in [0.717, 1.165) is 52.4 Å². The van der Waals surface area contributed by atoms with Crippen LogP contribution in [0.25, 0.3) is 0 Å². The third-order valence-corrected chi connectivity index (χ3v) is 5.01. The summed E-state index contributed by atoms with van der Waals surface area (Å²) in [7, 11) is 0. The quantitative estimate of drug-likeness (QED) is 0.610. The number of non-ortho nitro benzene ring substituents is 1. The topological polar surface area (TPSA) is 58.9 Å². The summed E-state index contributed by atoms with van der Waals surface area (Å²) in [6, 6.07) is 2.75. The SMILES string of the molecule is O=[N+]([O-])c1cc(Cl)c(N2CCC(CN3CCOCC3)C2)c(Cl)c1. The molecule has 0 amide bonds. The Morgan fingerprint density at radius 2 is 1.87 bits per heavy atom. The van der Waals surface area contributed by atoms with Crippen LogP contribution in [0.15, 0.2) is 12.1 Å². The second-order valence-corrected chi connectivity index (χ2v) is 6.84. The second kappa shape index (κ2) is 7.21. The standard InChI is InChI=1S/C15H19Cl2N3O3/c16-13-7-12(20(21)22)8-14(17)15(13)19-2-1-11(10-19)9-18-3-5-23-6-4-18/h7-8,11H,1-6,9-10H2. The predicted octanol–water partition coefficient (Wildman–Crippen LogP) is 3.06. The zero-order chi connectivity index (χ0) is 16.4. The lowest BCUT2D eigenvalue weighted by Gasteiger charge is -2.29. The minimum absolute atomic E-state index is 0.0761. The number of rotatable bonds is 4. The third kappa shape index (κ3) is 3.88. The van der Waals surface area contributed by atoms with Crippen LogP contribution in [0.4, 0.5) is 11.4 Å². The first kappa shape index (κ1) is 16.8. The lowest BCUT2D eigenvalue weighted by Crippen LogP contribution is -2.39. The highest BCUT2D eigenvalue weighted by Crippen LogP contribution is 2.39. The van der Waals surface area contributed by atoms with E-state index in [1.54, 1.807) is 0 Å². The van der Waals surface area contributed by atoms with Crippen molar-refractivity contribution < 1.29 is 9.66 Å². The highest BCUT2D eigenvalue weighted by atomic mass is 35.5. The molecule has 2 fully saturated rings. The van der Waals surface area contributed by atoms with Gasteiger partial charge < -0.3 is 9.64 Å². The van der Waals surface area contributed by atoms with Crippen molar-refractivity contribution >= 4 is 34.6 Å². The van der Waals surface area contributed by atoms with Gasteiger partial charge >= 0.3 is 0 Å². The highest BCUT2D eigenvalue weighted by molar-refractivity contribution is 6.39. The predicted molar refractivity (Wildman–Crippen MR) is 90.7 cm³/mol. The maximum atomic E-state index is 10.9. The van der Waals surface area contributed by atoms with Crippen LogP contribution >= 0.6 is 23.2 Å². The normalized spacial score (nSPS) is 22.5. The Kier molecular flexibility index (Phi) is 5.26. The maximum Gasteiger partial charge on any atom is 0.272 e. The van der Waals surface area contributed by atoms with Crippen LogP contribution < -0.4 is 4.90 Å². The first-order valence-corrected chi connectivity index (χ1v) is 8.48. The largest absolute Gasteiger partial charge is 0.379 e. The van der Waals surface area contributed by atoms with Gasteiger partial charge in [-0.15, -0.1) is 0 Å². The van der Waals surface area contributed by atoms with Crippen molar-refractivity contribution in [1.29, 1.82) is 0 Å². The van der Waals surface area contributed by atoms with E-state index in [-0.39, 0.29) is 5.69 Å². The summed E-state index contributed by atoms with van der Waals surface area (Å²) in [6.07, 6.45) is 1.07. The number of ether oxygens (including phenoxy) is 1. The van der Waals surface area contributed by atoms with Crippen molar-refractivity contribution in [1.82, 2.24) is 4.90 Å². The summed E-state index contributed by atoms with van der Waals surface area (Å²) < 4.78 is 5.37. The number of anilines is 1. The third-order valence-electron chi connectivity index (χ3n) is 4.43. The number of nitrogens with zero attached hydrogens (tertiary/aromatic N) is 3. The fraction of sp³-hybridized carbons (Fsp3) is 0.600. The molecule has 1 unspecified atom stereocenters. The summed E-state index contributed by atoms with van der Waals surface area (Å²) in [5.41, 5.74) is 0.635. The molecule has 0 aliphatic carbocycles. The van der Waals surface area contributed by atoms with Gasteiger partial charge in [-0.3, -0.25) is 15.0 Å². The molecule has 8 heteroatoms. The van der Waals surface area contributed by atoms with Gasteiger partial charge in [-0.25, -0.2) is 0 Å². The first-order chi connectivity index (χ1) is 11.0. The van der Waals surface area contributed by atoms with E-state index in [4.69, 9.17) is 27.9 Å². The molecule has 126 valence electrons. The molecular formula is C15H19Cl2N3O3. The van der Waals surface area contributed by atoms with Gasteiger partial charge in [0.2, 0.25) is 0 Å². The van der Waals surface area contributed by atoms with Crippen LogP contribution in [0.5, 0.6) is 0 Å². The van der Waals surface area contributed by atoms with E-state index >= 15 is 0 Å². The number of benzene rings is 1. The molecule has 23 heavy (non-hydrogen) atoms. The molecule has 1 aromatic rings. The fourth-order valence-corrected chi connectivity index (χ4v) is 4.01. The maximum absolute atomic E-state index is 10.9. The summed E-state index contributed by atoms with van der Waals surface area (Å²) in [4.78, 5) is 15.0. The zero-order valence-electron chi connectivity index (χ0n) is 12.7. The number of hydrogen-bond acceptors (Lipinski definition) is 5. The van der Waals surface area contributed by atoms with Gasteiger partial charge in [0.05, 0.1) is 33.9 Å². The molecule has 1 atom stereocenters. The average Bonchev–Trinajstić information content (AvgIpc) is 2.95. The Hall–Kier alpha value is -1.08. The van der Waals surface area contributed by atoms with E-state index in [1.165, 1.54) is 12.1 Å². The van der Waals surface area contributed by atoms with Crippen LogP contribution in [0, 0.1) is 16.0 Å². The molecule has 0 spiro atoms. The molecule has 0 N–H and O–H groups in total. The van der Waals surface area contributed by atoms with Gasteiger partial charge in [0, 0.05) is 44.9 Å². The van der Waals surface area contributed by atoms with Crippen molar-refractivity contribution in [2.45, 2.75) is 6.42 Å². The Balaban J connectivity index is 1.67. The molecule has 2 heterocycles. The minimum atomic E-state index is -0.479. The highest BCUT2D eigenvalue weighted by Gasteiger charge is 2.28. The Morgan fingerprint density at radius 1 is 1.22 bits per heavy atom. The molecule has 2 saturated heterocycles. The lowest BCUT2D eigenvalue weighted by molar-refractivity contribution is -0.384. The van der Waals surface area contributed by atoms with Crippen molar-refractivity contribution in [3.8, 4) is 0 Å². The molecular weight excluding hydrogens is 341 g/mol. The van der Waals surface area contributed by atoms with Crippen molar-refractivity contribution in [3.63, 3.8) is 0 Å². The number of nitro benzene ring substituents is 1. The first-order valence-electron chi connectivity index (χ1n) is 7.73. The average molecular weight is 360 g/mol. The van der Waals surface area contributed by atoms with Gasteiger partial charge in [0.25, 0.3) is 5.69 Å². The van der Waals surface area contributed by atoms with E-state index in [9.17, 15) is 10.1 Å². The Bertz CT molecular complexity index is 570.